The summed E-state index contributed by atoms with van der Waals surface area (Å²) in [4.78, 5) is 27.5. The van der Waals surface area contributed by atoms with Gasteiger partial charge in [-0.1, -0.05) is 24.3 Å². The lowest BCUT2D eigenvalue weighted by Crippen LogP contribution is -2.49. The number of anilines is 1. The van der Waals surface area contributed by atoms with Gasteiger partial charge in [0.05, 0.1) is 18.1 Å². The third-order valence-electron chi connectivity index (χ3n) is 4.69. The van der Waals surface area contributed by atoms with E-state index in [0.29, 0.717) is 5.69 Å². The van der Waals surface area contributed by atoms with Gasteiger partial charge in [-0.3, -0.25) is 15.1 Å². The fourth-order valence-corrected chi connectivity index (χ4v) is 4.22. The first-order chi connectivity index (χ1) is 13.8. The van der Waals surface area contributed by atoms with Crippen LogP contribution in [0.3, 0.4) is 0 Å². The molecule has 1 saturated heterocycles. The second kappa shape index (κ2) is 8.58. The SMILES string of the molecule is NNC(=O)c1ccc(CN(C(=O)N2CCS(=O)(=O)CC2)c2ccccc2)c(F)c1. The fraction of sp³-hybridized carbons (Fsp3) is 0.263. The van der Waals surface area contributed by atoms with Gasteiger partial charge >= 0.3 is 6.03 Å². The average molecular weight is 420 g/mol. The molecule has 29 heavy (non-hydrogen) atoms. The Bertz CT molecular complexity index is 1000. The number of carbonyl (C=O) groups is 2. The molecule has 0 aliphatic carbocycles. The van der Waals surface area contributed by atoms with Crippen molar-refractivity contribution in [3.8, 4) is 0 Å². The number of nitrogens with two attached hydrogens (primary N) is 1. The van der Waals surface area contributed by atoms with Crippen molar-refractivity contribution < 1.29 is 22.4 Å². The van der Waals surface area contributed by atoms with E-state index >= 15 is 0 Å². The van der Waals surface area contributed by atoms with Crippen LogP contribution in [0.4, 0.5) is 14.9 Å². The predicted octanol–water partition coefficient (Wildman–Crippen LogP) is 1.29. The van der Waals surface area contributed by atoms with Crippen molar-refractivity contribution in [2.45, 2.75) is 6.54 Å². The normalized spacial score (nSPS) is 15.6. The number of nitrogens with zero attached hydrogens (tertiary/aromatic N) is 2. The molecule has 1 aliphatic heterocycles. The minimum absolute atomic E-state index is 0.0626. The van der Waals surface area contributed by atoms with Crippen molar-refractivity contribution in [1.82, 2.24) is 10.3 Å². The molecular weight excluding hydrogens is 399 g/mol. The summed E-state index contributed by atoms with van der Waals surface area (Å²) in [5.41, 5.74) is 2.76. The zero-order valence-corrected chi connectivity index (χ0v) is 16.4. The van der Waals surface area contributed by atoms with Gasteiger partial charge in [0, 0.05) is 29.9 Å². The topological polar surface area (TPSA) is 113 Å². The van der Waals surface area contributed by atoms with Gasteiger partial charge in [0.15, 0.2) is 9.84 Å². The van der Waals surface area contributed by atoms with Gasteiger partial charge in [-0.05, 0) is 24.3 Å². The van der Waals surface area contributed by atoms with Crippen LogP contribution in [0, 0.1) is 5.82 Å². The highest BCUT2D eigenvalue weighted by Crippen LogP contribution is 2.22. The third kappa shape index (κ3) is 4.90. The van der Waals surface area contributed by atoms with E-state index < -0.39 is 27.6 Å². The van der Waals surface area contributed by atoms with Crippen LogP contribution in [-0.2, 0) is 16.4 Å². The highest BCUT2D eigenvalue weighted by Gasteiger charge is 2.29. The van der Waals surface area contributed by atoms with Gasteiger partial charge in [0.2, 0.25) is 0 Å². The molecule has 2 aromatic rings. The number of benzene rings is 2. The molecule has 3 amide bonds. The Kier molecular flexibility index (Phi) is 6.14. The third-order valence-corrected chi connectivity index (χ3v) is 6.30. The molecule has 1 aliphatic rings. The summed E-state index contributed by atoms with van der Waals surface area (Å²) in [6.45, 7) is 0.0909. The number of halogens is 1. The largest absolute Gasteiger partial charge is 0.324 e. The molecular formula is C19H21FN4O4S. The van der Waals surface area contributed by atoms with Crippen LogP contribution in [0.15, 0.2) is 48.5 Å². The molecule has 154 valence electrons. The smallest absolute Gasteiger partial charge is 0.322 e. The van der Waals surface area contributed by atoms with Crippen LogP contribution in [-0.4, -0.2) is 49.9 Å². The maximum Gasteiger partial charge on any atom is 0.324 e. The highest BCUT2D eigenvalue weighted by molar-refractivity contribution is 7.91. The van der Waals surface area contributed by atoms with Crippen LogP contribution in [0.25, 0.3) is 0 Å². The number of rotatable bonds is 4. The molecule has 10 heteroatoms. The lowest BCUT2D eigenvalue weighted by atomic mass is 10.1. The second-order valence-corrected chi connectivity index (χ2v) is 8.93. The van der Waals surface area contributed by atoms with Gasteiger partial charge in [0.25, 0.3) is 5.91 Å². The van der Waals surface area contributed by atoms with Gasteiger partial charge in [-0.15, -0.1) is 0 Å². The van der Waals surface area contributed by atoms with Crippen molar-refractivity contribution in [1.29, 1.82) is 0 Å². The highest BCUT2D eigenvalue weighted by atomic mass is 32.2. The number of nitrogens with one attached hydrogen (secondary N) is 1. The van der Waals surface area contributed by atoms with Gasteiger partial charge in [-0.2, -0.15) is 0 Å². The number of carbonyl (C=O) groups excluding carboxylic acids is 2. The Morgan fingerprint density at radius 2 is 1.76 bits per heavy atom. The van der Waals surface area contributed by atoms with E-state index in [4.69, 9.17) is 5.84 Å². The van der Waals surface area contributed by atoms with E-state index in [1.54, 1.807) is 30.3 Å². The van der Waals surface area contributed by atoms with Crippen LogP contribution >= 0.6 is 0 Å². The summed E-state index contributed by atoms with van der Waals surface area (Å²) in [6.07, 6.45) is 0. The first-order valence-corrected chi connectivity index (χ1v) is 10.7. The Hall–Kier alpha value is -2.98. The first kappa shape index (κ1) is 20.7. The molecule has 1 heterocycles. The molecule has 2 aromatic carbocycles. The minimum atomic E-state index is -3.14. The first-order valence-electron chi connectivity index (χ1n) is 8.92. The number of hydrazine groups is 1. The monoisotopic (exact) mass is 420 g/mol. The van der Waals surface area contributed by atoms with E-state index in [9.17, 15) is 22.4 Å². The standard InChI is InChI=1S/C19H21FN4O4S/c20-17-12-14(18(25)22-21)6-7-15(17)13-24(16-4-2-1-3-5-16)19(26)23-8-10-29(27,28)11-9-23/h1-7,12H,8-11,13,21H2,(H,22,25). The minimum Gasteiger partial charge on any atom is -0.322 e. The van der Waals surface area contributed by atoms with E-state index in [0.717, 1.165) is 6.07 Å². The number of hydrogen-bond donors (Lipinski definition) is 2. The molecule has 0 bridgehead atoms. The van der Waals surface area contributed by atoms with Crippen LogP contribution < -0.4 is 16.2 Å². The van der Waals surface area contributed by atoms with Crippen molar-refractivity contribution in [3.63, 3.8) is 0 Å². The Labute approximate surface area is 168 Å². The average Bonchev–Trinajstić information content (AvgIpc) is 2.72. The lowest BCUT2D eigenvalue weighted by Gasteiger charge is -2.33. The molecule has 3 N–H and O–H groups in total. The Morgan fingerprint density at radius 1 is 1.10 bits per heavy atom. The number of nitrogen functional groups attached to an aromatic ring is 1. The van der Waals surface area contributed by atoms with Crippen LogP contribution in [0.5, 0.6) is 0 Å². The number of urea groups is 1. The zero-order valence-electron chi connectivity index (χ0n) is 15.5. The Balaban J connectivity index is 1.87. The summed E-state index contributed by atoms with van der Waals surface area (Å²) in [7, 11) is -3.14. The summed E-state index contributed by atoms with van der Waals surface area (Å²) < 4.78 is 37.9. The molecule has 0 radical (unpaired) electrons. The van der Waals surface area contributed by atoms with Crippen molar-refractivity contribution in [2.75, 3.05) is 29.5 Å². The molecule has 0 saturated carbocycles. The molecule has 0 aromatic heterocycles. The summed E-state index contributed by atoms with van der Waals surface area (Å²) in [6, 6.07) is 12.2. The van der Waals surface area contributed by atoms with Crippen molar-refractivity contribution >= 4 is 27.5 Å². The molecule has 0 unspecified atom stereocenters. The van der Waals surface area contributed by atoms with Gasteiger partial charge in [-0.25, -0.2) is 23.4 Å². The van der Waals surface area contributed by atoms with E-state index in [2.05, 4.69) is 0 Å². The maximum absolute atomic E-state index is 14.6. The van der Waals surface area contributed by atoms with E-state index in [-0.39, 0.29) is 42.3 Å². The molecule has 0 spiro atoms. The molecule has 1 fully saturated rings. The van der Waals surface area contributed by atoms with Crippen LogP contribution in [0.1, 0.15) is 15.9 Å². The van der Waals surface area contributed by atoms with Crippen molar-refractivity contribution in [3.05, 3.63) is 65.5 Å². The second-order valence-electron chi connectivity index (χ2n) is 6.62. The molecule has 0 atom stereocenters. The van der Waals surface area contributed by atoms with E-state index in [1.165, 1.54) is 21.9 Å². The number of para-hydroxylation sites is 1. The predicted molar refractivity (Wildman–Crippen MR) is 106 cm³/mol. The molecule has 8 nitrogen and oxygen atoms in total. The van der Waals surface area contributed by atoms with E-state index in [1.807, 2.05) is 5.43 Å². The van der Waals surface area contributed by atoms with Gasteiger partial charge < -0.3 is 4.90 Å². The quantitative estimate of drug-likeness (QED) is 0.440. The number of amides is 3. The van der Waals surface area contributed by atoms with Crippen LogP contribution in [0.2, 0.25) is 0 Å². The zero-order chi connectivity index (χ0) is 21.0. The van der Waals surface area contributed by atoms with Crippen molar-refractivity contribution in [2.24, 2.45) is 5.84 Å². The fourth-order valence-electron chi connectivity index (χ4n) is 3.02. The summed E-state index contributed by atoms with van der Waals surface area (Å²) >= 11 is 0. The molecule has 3 rings (SSSR count). The maximum atomic E-state index is 14.6. The lowest BCUT2D eigenvalue weighted by molar-refractivity contribution is 0.0953. The Morgan fingerprint density at radius 3 is 2.34 bits per heavy atom. The van der Waals surface area contributed by atoms with Gasteiger partial charge in [0.1, 0.15) is 5.82 Å². The number of sulfone groups is 1. The summed E-state index contributed by atoms with van der Waals surface area (Å²) in [5, 5.41) is 0. The number of hydrogen-bond acceptors (Lipinski definition) is 5. The summed E-state index contributed by atoms with van der Waals surface area (Å²) in [5.74, 6) is 3.59.